The van der Waals surface area contributed by atoms with Gasteiger partial charge in [0.05, 0.1) is 5.52 Å². The fourth-order valence-corrected chi connectivity index (χ4v) is 3.49. The number of fused-ring (bicyclic) bond motifs is 1. The first-order chi connectivity index (χ1) is 13.0. The van der Waals surface area contributed by atoms with Gasteiger partial charge in [0.1, 0.15) is 0 Å². The van der Waals surface area contributed by atoms with Gasteiger partial charge >= 0.3 is 0 Å². The molecular formula is C22H28N4O. The monoisotopic (exact) mass is 364 g/mol. The van der Waals surface area contributed by atoms with Crippen molar-refractivity contribution in [2.45, 2.75) is 39.8 Å². The molecule has 0 atom stereocenters. The molecule has 0 radical (unpaired) electrons. The second-order valence-corrected chi connectivity index (χ2v) is 7.35. The van der Waals surface area contributed by atoms with Gasteiger partial charge in [-0.25, -0.2) is 0 Å². The second kappa shape index (κ2) is 8.35. The van der Waals surface area contributed by atoms with Crippen LogP contribution < -0.4 is 5.32 Å². The highest BCUT2D eigenvalue weighted by Gasteiger charge is 2.13. The minimum Gasteiger partial charge on any atom is -0.351 e. The minimum atomic E-state index is -0.0319. The maximum Gasteiger partial charge on any atom is 0.251 e. The van der Waals surface area contributed by atoms with Crippen LogP contribution in [0.2, 0.25) is 0 Å². The Bertz CT molecular complexity index is 888. The molecule has 2 heterocycles. The van der Waals surface area contributed by atoms with Gasteiger partial charge in [-0.15, -0.1) is 0 Å². The quantitative estimate of drug-likeness (QED) is 0.692. The van der Waals surface area contributed by atoms with Crippen LogP contribution >= 0.6 is 0 Å². The van der Waals surface area contributed by atoms with E-state index >= 15 is 0 Å². The zero-order valence-electron chi connectivity index (χ0n) is 16.5. The zero-order valence-corrected chi connectivity index (χ0v) is 16.5. The van der Waals surface area contributed by atoms with E-state index in [0.29, 0.717) is 24.2 Å². The third kappa shape index (κ3) is 4.37. The number of nitrogens with zero attached hydrogens (tertiary/aromatic N) is 3. The Morgan fingerprint density at radius 3 is 2.44 bits per heavy atom. The lowest BCUT2D eigenvalue weighted by Crippen LogP contribution is -2.42. The Labute approximate surface area is 161 Å². The van der Waals surface area contributed by atoms with Crippen LogP contribution in [-0.2, 0) is 0 Å². The highest BCUT2D eigenvalue weighted by Crippen LogP contribution is 2.19. The fourth-order valence-electron chi connectivity index (χ4n) is 3.49. The largest absolute Gasteiger partial charge is 0.351 e. The van der Waals surface area contributed by atoms with Crippen LogP contribution in [0.15, 0.2) is 55.0 Å². The van der Waals surface area contributed by atoms with Crippen LogP contribution in [0.5, 0.6) is 0 Å². The number of pyridine rings is 1. The predicted molar refractivity (Wildman–Crippen MR) is 110 cm³/mol. The van der Waals surface area contributed by atoms with Gasteiger partial charge < -0.3 is 9.88 Å². The smallest absolute Gasteiger partial charge is 0.251 e. The van der Waals surface area contributed by atoms with Crippen molar-refractivity contribution < 1.29 is 4.79 Å². The lowest BCUT2D eigenvalue weighted by atomic mass is 10.2. The van der Waals surface area contributed by atoms with Gasteiger partial charge in [0.15, 0.2) is 0 Å². The Morgan fingerprint density at radius 2 is 1.78 bits per heavy atom. The van der Waals surface area contributed by atoms with Crippen molar-refractivity contribution in [1.82, 2.24) is 19.8 Å². The highest BCUT2D eigenvalue weighted by molar-refractivity contribution is 5.94. The first-order valence-corrected chi connectivity index (χ1v) is 9.53. The third-order valence-corrected chi connectivity index (χ3v) is 4.88. The molecule has 1 aromatic carbocycles. The number of hydrogen-bond acceptors (Lipinski definition) is 3. The summed E-state index contributed by atoms with van der Waals surface area (Å²) >= 11 is 0. The molecule has 3 rings (SSSR count). The van der Waals surface area contributed by atoms with Crippen LogP contribution in [0.4, 0.5) is 0 Å². The van der Waals surface area contributed by atoms with Crippen LogP contribution in [0.1, 0.15) is 38.1 Å². The van der Waals surface area contributed by atoms with E-state index in [0.717, 1.165) is 23.1 Å². The maximum atomic E-state index is 12.4. The van der Waals surface area contributed by atoms with Gasteiger partial charge in [0.25, 0.3) is 5.91 Å². The van der Waals surface area contributed by atoms with E-state index in [2.05, 4.69) is 47.5 Å². The molecule has 0 aliphatic carbocycles. The summed E-state index contributed by atoms with van der Waals surface area (Å²) in [6.07, 6.45) is 5.66. The molecule has 0 aliphatic heterocycles. The number of hydrogen-bond donors (Lipinski definition) is 1. The summed E-state index contributed by atoms with van der Waals surface area (Å²) < 4.78 is 2.10. The summed E-state index contributed by atoms with van der Waals surface area (Å²) in [6, 6.07) is 12.7. The van der Waals surface area contributed by atoms with E-state index in [4.69, 9.17) is 0 Å². The van der Waals surface area contributed by atoms with Crippen molar-refractivity contribution >= 4 is 16.8 Å². The highest BCUT2D eigenvalue weighted by atomic mass is 16.1. The molecule has 0 spiro atoms. The van der Waals surface area contributed by atoms with Crippen LogP contribution in [-0.4, -0.2) is 45.5 Å². The van der Waals surface area contributed by atoms with Gasteiger partial charge in [-0.3, -0.25) is 14.7 Å². The lowest BCUT2D eigenvalue weighted by molar-refractivity contribution is 0.0939. The van der Waals surface area contributed by atoms with Crippen molar-refractivity contribution in [2.75, 3.05) is 13.1 Å². The average Bonchev–Trinajstić information content (AvgIpc) is 3.08. The number of carbonyl (C=O) groups is 1. The number of rotatable bonds is 7. The molecule has 0 saturated heterocycles. The third-order valence-electron chi connectivity index (χ3n) is 4.88. The number of amides is 1. The van der Waals surface area contributed by atoms with E-state index in [1.54, 1.807) is 6.20 Å². The normalized spacial score (nSPS) is 11.7. The Morgan fingerprint density at radius 1 is 1.07 bits per heavy atom. The number of benzene rings is 1. The standard InChI is InChI=1S/C22H28N4O/c1-16(2)25(17(3)4)14-12-24-22(27)18-5-7-20(8-6-18)26-13-10-19-15-23-11-9-21(19)26/h5-11,13,15-17H,12,14H2,1-4H3,(H,24,27). The number of nitrogens with one attached hydrogen (secondary N) is 1. The molecule has 0 aliphatic rings. The van der Waals surface area contributed by atoms with Crippen molar-refractivity contribution in [3.05, 3.63) is 60.6 Å². The molecule has 0 saturated carbocycles. The minimum absolute atomic E-state index is 0.0319. The summed E-state index contributed by atoms with van der Waals surface area (Å²) in [4.78, 5) is 19.0. The first-order valence-electron chi connectivity index (χ1n) is 9.53. The summed E-state index contributed by atoms with van der Waals surface area (Å²) in [5.74, 6) is -0.0319. The Kier molecular flexibility index (Phi) is 5.91. The van der Waals surface area contributed by atoms with E-state index in [-0.39, 0.29) is 5.91 Å². The summed E-state index contributed by atoms with van der Waals surface area (Å²) in [7, 11) is 0. The van der Waals surface area contributed by atoms with E-state index in [9.17, 15) is 4.79 Å². The molecule has 5 heteroatoms. The van der Waals surface area contributed by atoms with Crippen molar-refractivity contribution in [2.24, 2.45) is 0 Å². The molecule has 1 N–H and O–H groups in total. The van der Waals surface area contributed by atoms with Gasteiger partial charge in [-0.05, 0) is 64.1 Å². The second-order valence-electron chi connectivity index (χ2n) is 7.35. The molecule has 142 valence electrons. The van der Waals surface area contributed by atoms with Crippen molar-refractivity contribution in [1.29, 1.82) is 0 Å². The SMILES string of the molecule is CC(C)N(CCNC(=O)c1ccc(-n2ccc3cnccc32)cc1)C(C)C. The van der Waals surface area contributed by atoms with Crippen LogP contribution in [0.3, 0.4) is 0 Å². The predicted octanol–water partition coefficient (Wildman–Crippen LogP) is 3.87. The fraction of sp³-hybridized carbons (Fsp3) is 0.364. The Hall–Kier alpha value is -2.66. The molecule has 2 aromatic heterocycles. The van der Waals surface area contributed by atoms with Gasteiger partial charge in [0.2, 0.25) is 0 Å². The van der Waals surface area contributed by atoms with Gasteiger partial charge in [0, 0.05) is 60.4 Å². The number of carbonyl (C=O) groups excluding carboxylic acids is 1. The molecule has 0 fully saturated rings. The Balaban J connectivity index is 1.64. The first kappa shape index (κ1) is 19.1. The van der Waals surface area contributed by atoms with Gasteiger partial charge in [-0.2, -0.15) is 0 Å². The lowest BCUT2D eigenvalue weighted by Gasteiger charge is -2.30. The molecule has 0 unspecified atom stereocenters. The number of aromatic nitrogens is 2. The molecule has 3 aromatic rings. The van der Waals surface area contributed by atoms with Crippen LogP contribution in [0.25, 0.3) is 16.6 Å². The van der Waals surface area contributed by atoms with E-state index in [1.165, 1.54) is 0 Å². The summed E-state index contributed by atoms with van der Waals surface area (Å²) in [6.45, 7) is 10.2. The average molecular weight is 364 g/mol. The van der Waals surface area contributed by atoms with E-state index in [1.807, 2.05) is 48.8 Å². The molecule has 0 bridgehead atoms. The zero-order chi connectivity index (χ0) is 19.4. The summed E-state index contributed by atoms with van der Waals surface area (Å²) in [5, 5.41) is 4.12. The molecule has 27 heavy (non-hydrogen) atoms. The van der Waals surface area contributed by atoms with Gasteiger partial charge in [-0.1, -0.05) is 0 Å². The topological polar surface area (TPSA) is 50.2 Å². The maximum absolute atomic E-state index is 12.4. The van der Waals surface area contributed by atoms with Crippen molar-refractivity contribution in [3.8, 4) is 5.69 Å². The van der Waals surface area contributed by atoms with Crippen LogP contribution in [0, 0.1) is 0 Å². The molecular weight excluding hydrogens is 336 g/mol. The van der Waals surface area contributed by atoms with Crippen molar-refractivity contribution in [3.63, 3.8) is 0 Å². The molecule has 1 amide bonds. The summed E-state index contributed by atoms with van der Waals surface area (Å²) in [5.41, 5.74) is 2.81. The van der Waals surface area contributed by atoms with E-state index < -0.39 is 0 Å². The molecule has 5 nitrogen and oxygen atoms in total.